The third-order valence-corrected chi connectivity index (χ3v) is 2.95. The van der Waals surface area contributed by atoms with Crippen LogP contribution in [0.2, 0.25) is 0 Å². The van der Waals surface area contributed by atoms with Gasteiger partial charge in [-0.1, -0.05) is 39.0 Å². The van der Waals surface area contributed by atoms with Crippen molar-refractivity contribution in [3.8, 4) is 0 Å². The van der Waals surface area contributed by atoms with E-state index in [0.29, 0.717) is 18.6 Å². The molecule has 0 aliphatic heterocycles. The van der Waals surface area contributed by atoms with E-state index >= 15 is 0 Å². The maximum Gasteiger partial charge on any atom is 0.328 e. The average Bonchev–Trinajstić information content (AvgIpc) is 2.63. The highest BCUT2D eigenvalue weighted by Gasteiger charge is 1.98. The Hall–Kier alpha value is -2.99. The van der Waals surface area contributed by atoms with Gasteiger partial charge in [-0.05, 0) is 19.3 Å². The van der Waals surface area contributed by atoms with E-state index < -0.39 is 30.2 Å². The molecule has 0 aromatic carbocycles. The number of aliphatic carboxylic acids is 4. The quantitative estimate of drug-likeness (QED) is 0.0914. The first kappa shape index (κ1) is 35.4. The zero-order valence-corrected chi connectivity index (χ0v) is 17.6. The molecule has 0 aliphatic rings. The number of carboxylic acids is 4. The van der Waals surface area contributed by atoms with E-state index in [0.717, 1.165) is 44.9 Å². The van der Waals surface area contributed by atoms with Gasteiger partial charge >= 0.3 is 23.9 Å². The maximum absolute atomic E-state index is 10.1. The minimum atomic E-state index is -1.26. The molecule has 0 saturated carbocycles. The standard InChI is InChI=1S/C10H18O4.C4H4O4.C4H10O2.CH2O2/c11-9(12)7-5-3-1-2-4-6-8-10(13)14;5-3(6)1-2-4(7)8;1-2-3-4(5)6;2-1-3/h1-8H2,(H,11,12)(H,13,14);1-2H,(H,5,6)(H,7,8);4-6H,2-3H2,1H3;1H,(H,2,3)/b;2-1-;;. The molecule has 0 amide bonds. The number of carbonyl (C=O) groups is 5. The summed E-state index contributed by atoms with van der Waals surface area (Å²) in [5.74, 6) is -3.99. The van der Waals surface area contributed by atoms with E-state index in [-0.39, 0.29) is 19.3 Å². The van der Waals surface area contributed by atoms with Gasteiger partial charge in [0.15, 0.2) is 6.29 Å². The molecule has 0 fully saturated rings. The molecule has 7 N–H and O–H groups in total. The molecule has 0 spiro atoms. The van der Waals surface area contributed by atoms with Gasteiger partial charge in [0, 0.05) is 25.0 Å². The van der Waals surface area contributed by atoms with Crippen molar-refractivity contribution in [2.45, 2.75) is 77.4 Å². The summed E-state index contributed by atoms with van der Waals surface area (Å²) >= 11 is 0. The second-order valence-corrected chi connectivity index (χ2v) is 5.79. The number of hydrogen-bond acceptors (Lipinski definition) is 7. The minimum Gasteiger partial charge on any atom is -0.483 e. The first-order valence-electron chi connectivity index (χ1n) is 9.45. The molecular formula is C19H34O12. The second-order valence-electron chi connectivity index (χ2n) is 5.79. The second kappa shape index (κ2) is 29.2. The number of aliphatic hydroxyl groups excluding tert-OH is 1. The first-order valence-corrected chi connectivity index (χ1v) is 9.45. The van der Waals surface area contributed by atoms with Crippen molar-refractivity contribution in [3.63, 3.8) is 0 Å². The molecule has 0 radical (unpaired) electrons. The third-order valence-electron chi connectivity index (χ3n) is 2.95. The van der Waals surface area contributed by atoms with Gasteiger partial charge in [-0.15, -0.1) is 0 Å². The number of unbranched alkanes of at least 4 members (excludes halogenated alkanes) is 5. The summed E-state index contributed by atoms with van der Waals surface area (Å²) in [7, 11) is 0. The molecule has 182 valence electrons. The Bertz CT molecular complexity index is 464. The van der Waals surface area contributed by atoms with E-state index in [2.05, 4.69) is 0 Å². The van der Waals surface area contributed by atoms with Crippen molar-refractivity contribution in [1.29, 1.82) is 0 Å². The average molecular weight is 454 g/mol. The normalized spacial score (nSPS) is 9.29. The van der Waals surface area contributed by atoms with Crippen LogP contribution in [0.3, 0.4) is 0 Å². The van der Waals surface area contributed by atoms with E-state index in [1.54, 1.807) is 0 Å². The highest BCUT2D eigenvalue weighted by atomic mass is 16.5. The summed E-state index contributed by atoms with van der Waals surface area (Å²) in [6, 6.07) is 0. The van der Waals surface area contributed by atoms with Crippen molar-refractivity contribution < 1.29 is 59.7 Å². The van der Waals surface area contributed by atoms with Gasteiger partial charge in [0.2, 0.25) is 0 Å². The van der Waals surface area contributed by atoms with Gasteiger partial charge in [0.25, 0.3) is 6.47 Å². The molecular weight excluding hydrogens is 420 g/mol. The SMILES string of the molecule is CCCC(O)O.O=C(O)/C=C\C(=O)O.O=C(O)CCCCCCCCC(=O)O.O=CO. The summed E-state index contributed by atoms with van der Waals surface area (Å²) in [5.41, 5.74) is 0. The maximum atomic E-state index is 10.1. The van der Waals surface area contributed by atoms with E-state index in [1.165, 1.54) is 0 Å². The van der Waals surface area contributed by atoms with E-state index in [1.807, 2.05) is 6.92 Å². The number of hydrogen-bond donors (Lipinski definition) is 7. The highest BCUT2D eigenvalue weighted by molar-refractivity contribution is 5.89. The summed E-state index contributed by atoms with van der Waals surface area (Å²) in [5, 5.41) is 55.4. The molecule has 31 heavy (non-hydrogen) atoms. The van der Waals surface area contributed by atoms with Gasteiger partial charge in [0.1, 0.15) is 0 Å². The van der Waals surface area contributed by atoms with Crippen LogP contribution in [0.1, 0.15) is 71.1 Å². The summed E-state index contributed by atoms with van der Waals surface area (Å²) in [6.45, 7) is 1.65. The lowest BCUT2D eigenvalue weighted by atomic mass is 10.1. The zero-order valence-electron chi connectivity index (χ0n) is 17.6. The van der Waals surface area contributed by atoms with Gasteiger partial charge in [-0.2, -0.15) is 0 Å². The lowest BCUT2D eigenvalue weighted by Gasteiger charge is -1.98. The Morgan fingerprint density at radius 1 is 0.710 bits per heavy atom. The Morgan fingerprint density at radius 2 is 1.00 bits per heavy atom. The highest BCUT2D eigenvalue weighted by Crippen LogP contribution is 2.08. The van der Waals surface area contributed by atoms with Crippen LogP contribution in [0.15, 0.2) is 12.2 Å². The van der Waals surface area contributed by atoms with Crippen molar-refractivity contribution in [3.05, 3.63) is 12.2 Å². The van der Waals surface area contributed by atoms with E-state index in [4.69, 9.17) is 40.5 Å². The summed E-state index contributed by atoms with van der Waals surface area (Å²) in [4.78, 5) is 47.8. The van der Waals surface area contributed by atoms with Crippen molar-refractivity contribution in [2.75, 3.05) is 0 Å². The molecule has 0 bridgehead atoms. The third kappa shape index (κ3) is 65.9. The van der Waals surface area contributed by atoms with Crippen molar-refractivity contribution >= 4 is 30.3 Å². The number of rotatable bonds is 13. The fourth-order valence-electron chi connectivity index (χ4n) is 1.66. The molecule has 0 unspecified atom stereocenters. The largest absolute Gasteiger partial charge is 0.483 e. The topological polar surface area (TPSA) is 227 Å². The van der Waals surface area contributed by atoms with Crippen LogP contribution < -0.4 is 0 Å². The van der Waals surface area contributed by atoms with Crippen LogP contribution in [0.25, 0.3) is 0 Å². The van der Waals surface area contributed by atoms with Crippen molar-refractivity contribution in [2.24, 2.45) is 0 Å². The first-order chi connectivity index (χ1) is 14.4. The molecule has 12 nitrogen and oxygen atoms in total. The molecule has 12 heteroatoms. The van der Waals surface area contributed by atoms with Gasteiger partial charge in [-0.3, -0.25) is 14.4 Å². The van der Waals surface area contributed by atoms with Crippen LogP contribution in [-0.2, 0) is 24.0 Å². The van der Waals surface area contributed by atoms with Gasteiger partial charge < -0.3 is 35.7 Å². The number of carboxylic acid groups (broad SMARTS) is 5. The molecule has 0 rings (SSSR count). The van der Waals surface area contributed by atoms with E-state index in [9.17, 15) is 19.2 Å². The lowest BCUT2D eigenvalue weighted by Crippen LogP contribution is -2.01. The summed E-state index contributed by atoms with van der Waals surface area (Å²) in [6.07, 6.45) is 7.16. The fraction of sp³-hybridized carbons (Fsp3) is 0.632. The minimum absolute atomic E-state index is 0.245. The van der Waals surface area contributed by atoms with Gasteiger partial charge in [-0.25, -0.2) is 9.59 Å². The summed E-state index contributed by atoms with van der Waals surface area (Å²) < 4.78 is 0. The number of aliphatic hydroxyl groups is 2. The van der Waals surface area contributed by atoms with Crippen LogP contribution >= 0.6 is 0 Å². The van der Waals surface area contributed by atoms with Gasteiger partial charge in [0.05, 0.1) is 0 Å². The molecule has 0 atom stereocenters. The lowest BCUT2D eigenvalue weighted by molar-refractivity contribution is -0.138. The zero-order chi connectivity index (χ0) is 25.1. The molecule has 0 aromatic heterocycles. The van der Waals surface area contributed by atoms with Crippen molar-refractivity contribution in [1.82, 2.24) is 0 Å². The van der Waals surface area contributed by atoms with Crippen LogP contribution in [0, 0.1) is 0 Å². The molecule has 0 heterocycles. The fourth-order valence-corrected chi connectivity index (χ4v) is 1.66. The Labute approximate surface area is 180 Å². The smallest absolute Gasteiger partial charge is 0.328 e. The van der Waals surface area contributed by atoms with Crippen LogP contribution in [0.4, 0.5) is 0 Å². The van der Waals surface area contributed by atoms with Crippen LogP contribution in [-0.4, -0.2) is 72.4 Å². The predicted octanol–water partition coefficient (Wildman–Crippen LogP) is 1.79. The molecule has 0 saturated heterocycles. The Balaban J connectivity index is -0.000000181. The Morgan fingerprint density at radius 3 is 1.16 bits per heavy atom. The Kier molecular flexibility index (Phi) is 33.4. The predicted molar refractivity (Wildman–Crippen MR) is 108 cm³/mol. The molecule has 0 aliphatic carbocycles. The van der Waals surface area contributed by atoms with Crippen LogP contribution in [0.5, 0.6) is 0 Å². The molecule has 0 aromatic rings. The monoisotopic (exact) mass is 454 g/mol.